The Kier molecular flexibility index (Phi) is 3.96. The number of aromatic hydroxyl groups is 1. The van der Waals surface area contributed by atoms with Gasteiger partial charge in [-0.3, -0.25) is 4.79 Å². The monoisotopic (exact) mass is 296 g/mol. The fourth-order valence-corrected chi connectivity index (χ4v) is 2.87. The van der Waals surface area contributed by atoms with Gasteiger partial charge in [0.15, 0.2) is 0 Å². The van der Waals surface area contributed by atoms with Crippen molar-refractivity contribution in [1.29, 1.82) is 0 Å². The van der Waals surface area contributed by atoms with E-state index in [2.05, 4.69) is 4.99 Å². The predicted octanol–water partition coefficient (Wildman–Crippen LogP) is 0.609. The Morgan fingerprint density at radius 1 is 1.40 bits per heavy atom. The SMILES string of the molecule is N[C@@H](Cc1ccc(O)c2c1SCC(C(=O)O)=N2)C(=O)O. The van der Waals surface area contributed by atoms with E-state index in [1.54, 1.807) is 6.07 Å². The van der Waals surface area contributed by atoms with Gasteiger partial charge in [-0.05, 0) is 18.1 Å². The number of nitrogens with two attached hydrogens (primary N) is 1. The summed E-state index contributed by atoms with van der Waals surface area (Å²) in [6.07, 6.45) is 0.0862. The highest BCUT2D eigenvalue weighted by Crippen LogP contribution is 2.43. The third-order valence-corrected chi connectivity index (χ3v) is 3.96. The Hall–Kier alpha value is -2.06. The van der Waals surface area contributed by atoms with Crippen molar-refractivity contribution in [1.82, 2.24) is 0 Å². The van der Waals surface area contributed by atoms with Crippen LogP contribution < -0.4 is 5.73 Å². The van der Waals surface area contributed by atoms with Crippen molar-refractivity contribution in [2.45, 2.75) is 17.4 Å². The Morgan fingerprint density at radius 2 is 2.10 bits per heavy atom. The number of aliphatic imine (C=N–C) groups is 1. The van der Waals surface area contributed by atoms with E-state index < -0.39 is 18.0 Å². The second-order valence-electron chi connectivity index (χ2n) is 4.22. The minimum atomic E-state index is -1.14. The molecule has 1 atom stereocenters. The molecule has 0 spiro atoms. The normalized spacial score (nSPS) is 15.2. The van der Waals surface area contributed by atoms with Gasteiger partial charge in [0.05, 0.1) is 0 Å². The van der Waals surface area contributed by atoms with Gasteiger partial charge in [-0.25, -0.2) is 9.79 Å². The van der Waals surface area contributed by atoms with E-state index in [4.69, 9.17) is 15.9 Å². The topological polar surface area (TPSA) is 133 Å². The standard InChI is InChI=1S/C12H12N2O5S/c13-6(11(16)17)3-5-1-2-8(15)9-10(5)20-4-7(14-9)12(18)19/h1-2,6,15H,3-4,13H2,(H,16,17)(H,18,19)/t6-/m0/s1. The minimum absolute atomic E-state index is 0.0579. The number of fused-ring (bicyclic) bond motifs is 1. The number of hydrogen-bond donors (Lipinski definition) is 4. The summed E-state index contributed by atoms with van der Waals surface area (Å²) >= 11 is 1.20. The van der Waals surface area contributed by atoms with Crippen LogP contribution in [0.4, 0.5) is 5.69 Å². The molecule has 0 bridgehead atoms. The predicted molar refractivity (Wildman–Crippen MR) is 72.9 cm³/mol. The Balaban J connectivity index is 2.42. The molecule has 0 aliphatic carbocycles. The van der Waals surface area contributed by atoms with E-state index in [1.807, 2.05) is 0 Å². The number of hydrogen-bond acceptors (Lipinski definition) is 6. The molecular weight excluding hydrogens is 284 g/mol. The Bertz CT molecular complexity index is 614. The lowest BCUT2D eigenvalue weighted by Gasteiger charge is -2.18. The first kappa shape index (κ1) is 14.4. The van der Waals surface area contributed by atoms with E-state index in [9.17, 15) is 14.7 Å². The van der Waals surface area contributed by atoms with Gasteiger partial charge in [-0.15, -0.1) is 11.8 Å². The van der Waals surface area contributed by atoms with Crippen LogP contribution in [0.3, 0.4) is 0 Å². The van der Waals surface area contributed by atoms with Crippen LogP contribution in [0.1, 0.15) is 5.56 Å². The first-order chi connectivity index (χ1) is 9.40. The number of thioether (sulfide) groups is 1. The average molecular weight is 296 g/mol. The third-order valence-electron chi connectivity index (χ3n) is 2.80. The second-order valence-corrected chi connectivity index (χ2v) is 5.21. The van der Waals surface area contributed by atoms with Crippen molar-refractivity contribution < 1.29 is 24.9 Å². The zero-order valence-electron chi connectivity index (χ0n) is 10.2. The number of benzene rings is 1. The molecule has 7 nitrogen and oxygen atoms in total. The highest BCUT2D eigenvalue weighted by atomic mass is 32.2. The summed E-state index contributed by atoms with van der Waals surface area (Å²) in [4.78, 5) is 26.2. The van der Waals surface area contributed by atoms with E-state index in [1.165, 1.54) is 17.8 Å². The Labute approximate surface area is 118 Å². The zero-order chi connectivity index (χ0) is 14.9. The van der Waals surface area contributed by atoms with Crippen LogP contribution in [0.25, 0.3) is 0 Å². The van der Waals surface area contributed by atoms with Gasteiger partial charge in [0, 0.05) is 10.6 Å². The van der Waals surface area contributed by atoms with Crippen molar-refractivity contribution in [2.24, 2.45) is 10.7 Å². The summed E-state index contributed by atoms with van der Waals surface area (Å²) in [5, 5.41) is 27.5. The summed E-state index contributed by atoms with van der Waals surface area (Å²) in [7, 11) is 0. The molecule has 20 heavy (non-hydrogen) atoms. The van der Waals surface area contributed by atoms with Crippen molar-refractivity contribution >= 4 is 35.1 Å². The maximum atomic E-state index is 10.9. The molecule has 1 aliphatic heterocycles. The molecule has 0 fully saturated rings. The molecule has 1 heterocycles. The van der Waals surface area contributed by atoms with E-state index in [-0.39, 0.29) is 29.3 Å². The van der Waals surface area contributed by atoms with E-state index >= 15 is 0 Å². The molecule has 0 radical (unpaired) electrons. The summed E-state index contributed by atoms with van der Waals surface area (Å²) < 4.78 is 0. The highest BCUT2D eigenvalue weighted by Gasteiger charge is 2.24. The number of carboxylic acid groups (broad SMARTS) is 2. The lowest BCUT2D eigenvalue weighted by atomic mass is 10.1. The molecule has 0 unspecified atom stereocenters. The van der Waals surface area contributed by atoms with Gasteiger partial charge >= 0.3 is 11.9 Å². The van der Waals surface area contributed by atoms with Crippen LogP contribution in [-0.2, 0) is 16.0 Å². The van der Waals surface area contributed by atoms with Crippen molar-refractivity contribution in [3.8, 4) is 5.75 Å². The van der Waals surface area contributed by atoms with E-state index in [0.29, 0.717) is 10.5 Å². The molecule has 106 valence electrons. The smallest absolute Gasteiger partial charge is 0.351 e. The number of phenols is 1. The number of rotatable bonds is 4. The van der Waals surface area contributed by atoms with Crippen molar-refractivity contribution in [3.05, 3.63) is 17.7 Å². The van der Waals surface area contributed by atoms with Gasteiger partial charge in [0.25, 0.3) is 0 Å². The number of phenolic OH excluding ortho intramolecular Hbond substituents is 1. The molecule has 0 aromatic heterocycles. The fourth-order valence-electron chi connectivity index (χ4n) is 1.77. The van der Waals surface area contributed by atoms with Gasteiger partial charge in [-0.2, -0.15) is 0 Å². The second kappa shape index (κ2) is 5.51. The Morgan fingerprint density at radius 3 is 2.70 bits per heavy atom. The molecule has 5 N–H and O–H groups in total. The molecule has 0 amide bonds. The summed E-state index contributed by atoms with van der Waals surface area (Å²) in [5.41, 5.74) is 6.23. The molecule has 0 saturated carbocycles. The number of carbonyl (C=O) groups is 2. The molecule has 1 aliphatic rings. The number of aliphatic carboxylic acids is 2. The molecule has 8 heteroatoms. The lowest BCUT2D eigenvalue weighted by Crippen LogP contribution is -2.32. The third kappa shape index (κ3) is 2.75. The van der Waals surface area contributed by atoms with Crippen LogP contribution >= 0.6 is 11.8 Å². The van der Waals surface area contributed by atoms with E-state index in [0.717, 1.165) is 0 Å². The van der Waals surface area contributed by atoms with Crippen LogP contribution in [0, 0.1) is 0 Å². The number of carboxylic acids is 2. The molecule has 2 rings (SSSR count). The molecule has 1 aromatic rings. The molecule has 0 saturated heterocycles. The average Bonchev–Trinajstić information content (AvgIpc) is 2.41. The van der Waals surface area contributed by atoms with Gasteiger partial charge in [0.1, 0.15) is 23.2 Å². The summed E-state index contributed by atoms with van der Waals surface area (Å²) in [6.45, 7) is 0. The fraction of sp³-hybridized carbons (Fsp3) is 0.250. The maximum Gasteiger partial charge on any atom is 0.351 e. The van der Waals surface area contributed by atoms with Crippen LogP contribution in [0.5, 0.6) is 5.75 Å². The largest absolute Gasteiger partial charge is 0.506 e. The van der Waals surface area contributed by atoms with Gasteiger partial charge in [0.2, 0.25) is 0 Å². The molecular formula is C12H12N2O5S. The zero-order valence-corrected chi connectivity index (χ0v) is 11.1. The molecule has 1 aromatic carbocycles. The van der Waals surface area contributed by atoms with Crippen LogP contribution in [0.2, 0.25) is 0 Å². The maximum absolute atomic E-state index is 10.9. The highest BCUT2D eigenvalue weighted by molar-refractivity contribution is 8.00. The minimum Gasteiger partial charge on any atom is -0.506 e. The van der Waals surface area contributed by atoms with Crippen molar-refractivity contribution in [3.63, 3.8) is 0 Å². The van der Waals surface area contributed by atoms with Crippen LogP contribution in [0.15, 0.2) is 22.0 Å². The quantitative estimate of drug-likeness (QED) is 0.639. The number of nitrogens with zero attached hydrogens (tertiary/aromatic N) is 1. The van der Waals surface area contributed by atoms with Gasteiger partial charge in [-0.1, -0.05) is 6.07 Å². The van der Waals surface area contributed by atoms with Crippen LogP contribution in [-0.4, -0.2) is 44.8 Å². The van der Waals surface area contributed by atoms with Gasteiger partial charge < -0.3 is 21.1 Å². The first-order valence-corrected chi connectivity index (χ1v) is 6.65. The van der Waals surface area contributed by atoms with Crippen molar-refractivity contribution in [2.75, 3.05) is 5.75 Å². The summed E-state index contributed by atoms with van der Waals surface area (Å²) in [6, 6.07) is 1.87. The lowest BCUT2D eigenvalue weighted by molar-refractivity contribution is -0.138. The first-order valence-electron chi connectivity index (χ1n) is 5.67. The summed E-state index contributed by atoms with van der Waals surface area (Å²) in [5.74, 6) is -2.25.